The van der Waals surface area contributed by atoms with Crippen LogP contribution < -0.4 is 4.80 Å². The van der Waals surface area contributed by atoms with Gasteiger partial charge in [-0.2, -0.15) is 22.5 Å². The highest BCUT2D eigenvalue weighted by Gasteiger charge is 2.37. The average Bonchev–Trinajstić information content (AvgIpc) is 3.05. The molecule has 12 heteroatoms. The summed E-state index contributed by atoms with van der Waals surface area (Å²) in [5.74, 6) is -0.759. The molecule has 1 aliphatic rings. The standard InChI is InChI=1S/C17H17ClF3N3O3S2/c1-23-8-9-28-16(23)22-15(25)11-4-6-24(7-5-11)29(26,27)12-2-3-14(18)13(10-12)17(19,20)21/h2-3,8-11H,4-7H2,1H3. The molecule has 1 amide bonds. The molecular weight excluding hydrogens is 451 g/mol. The van der Waals surface area contributed by atoms with Crippen molar-refractivity contribution in [1.29, 1.82) is 0 Å². The molecule has 1 saturated heterocycles. The van der Waals surface area contributed by atoms with E-state index in [-0.39, 0.29) is 31.8 Å². The number of halogens is 4. The number of sulfonamides is 1. The fourth-order valence-corrected chi connectivity index (χ4v) is 5.45. The Morgan fingerprint density at radius 1 is 1.28 bits per heavy atom. The number of piperidine rings is 1. The molecule has 1 aliphatic heterocycles. The van der Waals surface area contributed by atoms with E-state index in [1.165, 1.54) is 11.3 Å². The van der Waals surface area contributed by atoms with Gasteiger partial charge in [-0.05, 0) is 31.0 Å². The van der Waals surface area contributed by atoms with E-state index in [0.29, 0.717) is 10.9 Å². The lowest BCUT2D eigenvalue weighted by molar-refractivity contribution is -0.137. The summed E-state index contributed by atoms with van der Waals surface area (Å²) < 4.78 is 67.4. The molecule has 0 radical (unpaired) electrons. The zero-order valence-electron chi connectivity index (χ0n) is 15.2. The molecule has 0 saturated carbocycles. The van der Waals surface area contributed by atoms with E-state index < -0.39 is 37.6 Å². The molecule has 0 bridgehead atoms. The first-order valence-electron chi connectivity index (χ1n) is 8.56. The van der Waals surface area contributed by atoms with Crippen molar-refractivity contribution < 1.29 is 26.4 Å². The van der Waals surface area contributed by atoms with Gasteiger partial charge < -0.3 is 4.57 Å². The Morgan fingerprint density at radius 3 is 2.48 bits per heavy atom. The monoisotopic (exact) mass is 467 g/mol. The molecule has 158 valence electrons. The van der Waals surface area contributed by atoms with Gasteiger partial charge in [0.15, 0.2) is 4.80 Å². The molecule has 0 aliphatic carbocycles. The first kappa shape index (κ1) is 22.0. The van der Waals surface area contributed by atoms with E-state index in [0.717, 1.165) is 16.4 Å². The second kappa shape index (κ2) is 8.21. The molecule has 6 nitrogen and oxygen atoms in total. The van der Waals surface area contributed by atoms with Crippen LogP contribution in [0.15, 0.2) is 39.7 Å². The van der Waals surface area contributed by atoms with Crippen LogP contribution in [-0.2, 0) is 28.0 Å². The number of benzene rings is 1. The molecule has 2 aromatic rings. The first-order valence-corrected chi connectivity index (χ1v) is 11.3. The SMILES string of the molecule is Cn1ccsc1=NC(=O)C1CCN(S(=O)(=O)c2ccc(Cl)c(C(F)(F)F)c2)CC1. The predicted molar refractivity (Wildman–Crippen MR) is 102 cm³/mol. The van der Waals surface area contributed by atoms with E-state index in [2.05, 4.69) is 4.99 Å². The summed E-state index contributed by atoms with van der Waals surface area (Å²) in [5, 5.41) is 1.23. The van der Waals surface area contributed by atoms with Gasteiger partial charge in [0.2, 0.25) is 10.0 Å². The Labute approximate surface area is 174 Å². The Bertz CT molecular complexity index is 1090. The summed E-state index contributed by atoms with van der Waals surface area (Å²) in [6, 6.07) is 2.52. The minimum absolute atomic E-state index is 0.0226. The minimum atomic E-state index is -4.76. The van der Waals surface area contributed by atoms with Gasteiger partial charge in [-0.3, -0.25) is 4.79 Å². The first-order chi connectivity index (χ1) is 13.5. The maximum atomic E-state index is 13.0. The normalized spacial score (nSPS) is 17.6. The molecule has 0 N–H and O–H groups in total. The van der Waals surface area contributed by atoms with Crippen molar-refractivity contribution in [2.75, 3.05) is 13.1 Å². The van der Waals surface area contributed by atoms with Gasteiger partial charge in [-0.1, -0.05) is 11.6 Å². The van der Waals surface area contributed by atoms with E-state index in [1.54, 1.807) is 23.2 Å². The Morgan fingerprint density at radius 2 is 1.93 bits per heavy atom. The zero-order valence-corrected chi connectivity index (χ0v) is 17.6. The number of nitrogens with zero attached hydrogens (tertiary/aromatic N) is 3. The molecule has 1 fully saturated rings. The van der Waals surface area contributed by atoms with Crippen LogP contribution in [0.5, 0.6) is 0 Å². The van der Waals surface area contributed by atoms with Crippen LogP contribution in [0.4, 0.5) is 13.2 Å². The Balaban J connectivity index is 1.75. The van der Waals surface area contributed by atoms with Crippen LogP contribution in [-0.4, -0.2) is 36.3 Å². The van der Waals surface area contributed by atoms with Crippen LogP contribution in [0.25, 0.3) is 0 Å². The predicted octanol–water partition coefficient (Wildman–Crippen LogP) is 3.29. The lowest BCUT2D eigenvalue weighted by Gasteiger charge is -2.29. The highest BCUT2D eigenvalue weighted by Crippen LogP contribution is 2.36. The van der Waals surface area contributed by atoms with Gasteiger partial charge in [-0.15, -0.1) is 11.3 Å². The van der Waals surface area contributed by atoms with Crippen molar-refractivity contribution in [3.63, 3.8) is 0 Å². The topological polar surface area (TPSA) is 71.7 Å². The lowest BCUT2D eigenvalue weighted by Crippen LogP contribution is -2.40. The quantitative estimate of drug-likeness (QED) is 0.695. The second-order valence-corrected chi connectivity index (χ2v) is 9.78. The van der Waals surface area contributed by atoms with Crippen molar-refractivity contribution in [2.24, 2.45) is 18.0 Å². The van der Waals surface area contributed by atoms with E-state index in [1.807, 2.05) is 0 Å². The molecule has 0 atom stereocenters. The number of thiazole rings is 1. The summed E-state index contributed by atoms with van der Waals surface area (Å²) in [7, 11) is -2.37. The summed E-state index contributed by atoms with van der Waals surface area (Å²) in [6.45, 7) is 0.0452. The molecular formula is C17H17ClF3N3O3S2. The molecule has 0 unspecified atom stereocenters. The fourth-order valence-electron chi connectivity index (χ4n) is 2.99. The van der Waals surface area contributed by atoms with Gasteiger partial charge in [0, 0.05) is 37.6 Å². The third-order valence-electron chi connectivity index (χ3n) is 4.65. The number of rotatable bonds is 3. The largest absolute Gasteiger partial charge is 0.417 e. The average molecular weight is 468 g/mol. The van der Waals surface area contributed by atoms with Crippen molar-refractivity contribution in [3.05, 3.63) is 45.2 Å². The van der Waals surface area contributed by atoms with Crippen molar-refractivity contribution in [3.8, 4) is 0 Å². The van der Waals surface area contributed by atoms with Crippen LogP contribution in [0.3, 0.4) is 0 Å². The number of carbonyl (C=O) groups excluding carboxylic acids is 1. The number of carbonyl (C=O) groups is 1. The van der Waals surface area contributed by atoms with E-state index in [4.69, 9.17) is 11.6 Å². The zero-order chi connectivity index (χ0) is 21.4. The minimum Gasteiger partial charge on any atom is -0.327 e. The molecule has 1 aromatic heterocycles. The number of hydrogen-bond acceptors (Lipinski definition) is 4. The maximum absolute atomic E-state index is 13.0. The van der Waals surface area contributed by atoms with Gasteiger partial charge >= 0.3 is 6.18 Å². The van der Waals surface area contributed by atoms with Gasteiger partial charge in [0.05, 0.1) is 15.5 Å². The summed E-state index contributed by atoms with van der Waals surface area (Å²) >= 11 is 6.88. The summed E-state index contributed by atoms with van der Waals surface area (Å²) in [4.78, 5) is 16.5. The van der Waals surface area contributed by atoms with E-state index in [9.17, 15) is 26.4 Å². The second-order valence-electron chi connectivity index (χ2n) is 6.56. The molecule has 2 heterocycles. The highest BCUT2D eigenvalue weighted by atomic mass is 35.5. The third-order valence-corrected chi connectivity index (χ3v) is 7.72. The number of hydrogen-bond donors (Lipinski definition) is 0. The van der Waals surface area contributed by atoms with Gasteiger partial charge in [0.25, 0.3) is 5.91 Å². The van der Waals surface area contributed by atoms with Crippen molar-refractivity contribution in [1.82, 2.24) is 8.87 Å². The molecule has 3 rings (SSSR count). The van der Waals surface area contributed by atoms with Gasteiger partial charge in [0.1, 0.15) is 0 Å². The van der Waals surface area contributed by atoms with Crippen LogP contribution in [0.1, 0.15) is 18.4 Å². The summed E-state index contributed by atoms with van der Waals surface area (Å²) in [6.07, 6.45) is -2.50. The third kappa shape index (κ3) is 4.73. The molecule has 0 spiro atoms. The smallest absolute Gasteiger partial charge is 0.327 e. The molecule has 29 heavy (non-hydrogen) atoms. The lowest BCUT2D eigenvalue weighted by atomic mass is 9.98. The number of aromatic nitrogens is 1. The number of amides is 1. The fraction of sp³-hybridized carbons (Fsp3) is 0.412. The van der Waals surface area contributed by atoms with Crippen LogP contribution >= 0.6 is 22.9 Å². The number of aryl methyl sites for hydroxylation is 1. The Kier molecular flexibility index (Phi) is 6.23. The van der Waals surface area contributed by atoms with Gasteiger partial charge in [-0.25, -0.2) is 8.42 Å². The number of alkyl halides is 3. The van der Waals surface area contributed by atoms with Crippen LogP contribution in [0, 0.1) is 5.92 Å². The van der Waals surface area contributed by atoms with Crippen LogP contribution in [0.2, 0.25) is 5.02 Å². The van der Waals surface area contributed by atoms with E-state index >= 15 is 0 Å². The Hall–Kier alpha value is -1.69. The van der Waals surface area contributed by atoms with Crippen molar-refractivity contribution >= 4 is 38.9 Å². The highest BCUT2D eigenvalue weighted by molar-refractivity contribution is 7.89. The summed E-state index contributed by atoms with van der Waals surface area (Å²) in [5.41, 5.74) is -1.20. The molecule has 1 aromatic carbocycles. The maximum Gasteiger partial charge on any atom is 0.417 e. The van der Waals surface area contributed by atoms with Crippen molar-refractivity contribution in [2.45, 2.75) is 23.9 Å².